The Kier molecular flexibility index (Phi) is 3.57. The van der Waals surface area contributed by atoms with Gasteiger partial charge in [-0.3, -0.25) is 0 Å². The monoisotopic (exact) mass is 220 g/mol. The highest BCUT2D eigenvalue weighted by atomic mass is 19.4. The van der Waals surface area contributed by atoms with Gasteiger partial charge in [-0.25, -0.2) is 0 Å². The van der Waals surface area contributed by atoms with Gasteiger partial charge in [0, 0.05) is 6.42 Å². The van der Waals surface area contributed by atoms with Crippen molar-refractivity contribution >= 4 is 6.08 Å². The van der Waals surface area contributed by atoms with Gasteiger partial charge >= 0.3 is 6.18 Å². The molecule has 1 heterocycles. The molecule has 1 aromatic heterocycles. The predicted octanol–water partition coefficient (Wildman–Crippen LogP) is 3.00. The van der Waals surface area contributed by atoms with E-state index in [2.05, 4.69) is 0 Å². The minimum Gasteiger partial charge on any atom is -0.465 e. The average molecular weight is 220 g/mol. The summed E-state index contributed by atoms with van der Waals surface area (Å²) >= 11 is 0. The van der Waals surface area contributed by atoms with E-state index in [1.54, 1.807) is 12.1 Å². The first-order valence-electron chi connectivity index (χ1n) is 4.35. The highest BCUT2D eigenvalue weighted by Crippen LogP contribution is 2.25. The van der Waals surface area contributed by atoms with E-state index >= 15 is 0 Å². The van der Waals surface area contributed by atoms with Gasteiger partial charge < -0.3 is 9.52 Å². The molecule has 1 aromatic rings. The lowest BCUT2D eigenvalue weighted by Gasteiger charge is -2.14. The van der Waals surface area contributed by atoms with Crippen LogP contribution >= 0.6 is 0 Å². The molecule has 5 heteroatoms. The zero-order chi connectivity index (χ0) is 11.5. The van der Waals surface area contributed by atoms with Crippen LogP contribution in [0.4, 0.5) is 13.2 Å². The lowest BCUT2D eigenvalue weighted by Crippen LogP contribution is -2.28. The van der Waals surface area contributed by atoms with Crippen molar-refractivity contribution in [2.45, 2.75) is 25.6 Å². The fourth-order valence-corrected chi connectivity index (χ4v) is 1.10. The second-order valence-corrected chi connectivity index (χ2v) is 3.27. The molecule has 0 radical (unpaired) electrons. The minimum atomic E-state index is -4.57. The Morgan fingerprint density at radius 2 is 2.27 bits per heavy atom. The molecule has 0 amide bonds. The fourth-order valence-electron chi connectivity index (χ4n) is 1.10. The number of hydrogen-bond acceptors (Lipinski definition) is 2. The van der Waals surface area contributed by atoms with E-state index in [9.17, 15) is 13.2 Å². The van der Waals surface area contributed by atoms with Crippen molar-refractivity contribution in [2.24, 2.45) is 0 Å². The van der Waals surface area contributed by atoms with Crippen LogP contribution in [0.3, 0.4) is 0 Å². The Bertz CT molecular complexity index is 325. The number of halogens is 3. The molecule has 2 nitrogen and oxygen atoms in total. The summed E-state index contributed by atoms with van der Waals surface area (Å²) in [6, 6.07) is 3.27. The zero-order valence-electron chi connectivity index (χ0n) is 8.08. The van der Waals surface area contributed by atoms with Crippen molar-refractivity contribution in [2.75, 3.05) is 0 Å². The molecule has 0 aliphatic rings. The highest BCUT2D eigenvalue weighted by molar-refractivity contribution is 5.46. The lowest BCUT2D eigenvalue weighted by atomic mass is 10.1. The highest BCUT2D eigenvalue weighted by Gasteiger charge is 2.37. The maximum Gasteiger partial charge on any atom is 0.414 e. The van der Waals surface area contributed by atoms with Gasteiger partial charge in [0.25, 0.3) is 0 Å². The zero-order valence-corrected chi connectivity index (χ0v) is 8.08. The Labute approximate surface area is 85.0 Å². The van der Waals surface area contributed by atoms with Crippen LogP contribution in [-0.4, -0.2) is 17.4 Å². The van der Waals surface area contributed by atoms with Crippen LogP contribution in [0.5, 0.6) is 0 Å². The van der Waals surface area contributed by atoms with Crippen LogP contribution in [0.15, 0.2) is 28.4 Å². The number of alkyl halides is 3. The van der Waals surface area contributed by atoms with Crippen LogP contribution in [0.2, 0.25) is 0 Å². The van der Waals surface area contributed by atoms with Crippen molar-refractivity contribution in [3.05, 3.63) is 29.7 Å². The summed E-state index contributed by atoms with van der Waals surface area (Å²) in [5.74, 6) is 0.474. The van der Waals surface area contributed by atoms with Crippen molar-refractivity contribution in [3.63, 3.8) is 0 Å². The van der Waals surface area contributed by atoms with E-state index in [4.69, 9.17) is 9.52 Å². The summed E-state index contributed by atoms with van der Waals surface area (Å²) in [6.07, 6.45) is -4.43. The second kappa shape index (κ2) is 4.53. The quantitative estimate of drug-likeness (QED) is 0.849. The molecule has 0 aliphatic heterocycles. The molecule has 0 bridgehead atoms. The van der Waals surface area contributed by atoms with Crippen LogP contribution in [0.25, 0.3) is 6.08 Å². The van der Waals surface area contributed by atoms with Gasteiger partial charge in [-0.2, -0.15) is 13.2 Å². The predicted molar refractivity (Wildman–Crippen MR) is 49.0 cm³/mol. The first kappa shape index (κ1) is 11.8. The Hall–Kier alpha value is -1.23. The standard InChI is InChI=1S/C10H11F3O2/c1-7(5-8-3-2-4-15-8)6-9(14)10(11,12)13/h2-5,9,14H,6H2,1H3/b7-5+. The lowest BCUT2D eigenvalue weighted by molar-refractivity contribution is -0.202. The van der Waals surface area contributed by atoms with Gasteiger partial charge in [0.2, 0.25) is 0 Å². The van der Waals surface area contributed by atoms with E-state index in [1.807, 2.05) is 0 Å². The molecule has 1 atom stereocenters. The van der Waals surface area contributed by atoms with Gasteiger partial charge in [0.1, 0.15) is 5.76 Å². The molecule has 0 fully saturated rings. The topological polar surface area (TPSA) is 33.4 Å². The van der Waals surface area contributed by atoms with Crippen LogP contribution in [0, 0.1) is 0 Å². The summed E-state index contributed by atoms with van der Waals surface area (Å²) in [6.45, 7) is 1.51. The summed E-state index contributed by atoms with van der Waals surface area (Å²) in [7, 11) is 0. The van der Waals surface area contributed by atoms with Gasteiger partial charge in [0.15, 0.2) is 6.10 Å². The number of aliphatic hydroxyl groups is 1. The molecule has 1 unspecified atom stereocenters. The van der Waals surface area contributed by atoms with E-state index < -0.39 is 18.7 Å². The van der Waals surface area contributed by atoms with Crippen molar-refractivity contribution in [1.29, 1.82) is 0 Å². The van der Waals surface area contributed by atoms with E-state index in [1.165, 1.54) is 19.3 Å². The first-order chi connectivity index (χ1) is 6.89. The van der Waals surface area contributed by atoms with Gasteiger partial charge in [-0.1, -0.05) is 5.57 Å². The van der Waals surface area contributed by atoms with Gasteiger partial charge in [0.05, 0.1) is 6.26 Å². The molecule has 15 heavy (non-hydrogen) atoms. The number of hydrogen-bond donors (Lipinski definition) is 1. The Morgan fingerprint density at radius 3 is 2.73 bits per heavy atom. The summed E-state index contributed by atoms with van der Waals surface area (Å²) in [4.78, 5) is 0. The molecule has 0 aromatic carbocycles. The SMILES string of the molecule is C/C(=C\c1ccco1)CC(O)C(F)(F)F. The van der Waals surface area contributed by atoms with Crippen LogP contribution in [-0.2, 0) is 0 Å². The van der Waals surface area contributed by atoms with E-state index in [0.717, 1.165) is 0 Å². The van der Waals surface area contributed by atoms with Crippen LogP contribution < -0.4 is 0 Å². The average Bonchev–Trinajstić information content (AvgIpc) is 2.54. The summed E-state index contributed by atoms with van der Waals surface area (Å²) in [5.41, 5.74) is 0.412. The molecule has 0 saturated carbocycles. The Balaban J connectivity index is 2.60. The molecule has 1 N–H and O–H groups in total. The smallest absolute Gasteiger partial charge is 0.414 e. The van der Waals surface area contributed by atoms with Crippen LogP contribution in [0.1, 0.15) is 19.1 Å². The maximum absolute atomic E-state index is 12.0. The van der Waals surface area contributed by atoms with E-state index in [-0.39, 0.29) is 0 Å². The number of aliphatic hydroxyl groups excluding tert-OH is 1. The third kappa shape index (κ3) is 3.79. The largest absolute Gasteiger partial charge is 0.465 e. The molecule has 0 spiro atoms. The van der Waals surface area contributed by atoms with E-state index in [0.29, 0.717) is 11.3 Å². The van der Waals surface area contributed by atoms with Gasteiger partial charge in [-0.05, 0) is 25.1 Å². The molecule has 84 valence electrons. The molecule has 0 aliphatic carbocycles. The third-order valence-electron chi connectivity index (χ3n) is 1.83. The Morgan fingerprint density at radius 1 is 1.60 bits per heavy atom. The van der Waals surface area contributed by atoms with Gasteiger partial charge in [-0.15, -0.1) is 0 Å². The number of rotatable bonds is 3. The summed E-state index contributed by atoms with van der Waals surface area (Å²) in [5, 5.41) is 8.79. The fraction of sp³-hybridized carbons (Fsp3) is 0.400. The normalized spacial score (nSPS) is 15.4. The minimum absolute atomic E-state index is 0.412. The van der Waals surface area contributed by atoms with Crippen molar-refractivity contribution in [1.82, 2.24) is 0 Å². The third-order valence-corrected chi connectivity index (χ3v) is 1.83. The van der Waals surface area contributed by atoms with Crippen molar-refractivity contribution in [3.8, 4) is 0 Å². The summed E-state index contributed by atoms with van der Waals surface area (Å²) < 4.78 is 40.9. The molecular weight excluding hydrogens is 209 g/mol. The first-order valence-corrected chi connectivity index (χ1v) is 4.35. The second-order valence-electron chi connectivity index (χ2n) is 3.27. The molecule has 0 saturated heterocycles. The molecular formula is C10H11F3O2. The number of furan rings is 1. The molecule has 1 rings (SSSR count). The van der Waals surface area contributed by atoms with Crippen molar-refractivity contribution < 1.29 is 22.7 Å². The maximum atomic E-state index is 12.0.